The number of nitrogens with one attached hydrogen (secondary N) is 1. The van der Waals surface area contributed by atoms with E-state index in [0.29, 0.717) is 48.6 Å². The predicted octanol–water partition coefficient (Wildman–Crippen LogP) is 8.22. The van der Waals surface area contributed by atoms with Gasteiger partial charge in [0, 0.05) is 69.3 Å². The molecule has 1 saturated heterocycles. The van der Waals surface area contributed by atoms with E-state index < -0.39 is 35.1 Å². The van der Waals surface area contributed by atoms with Crippen LogP contribution in [0.3, 0.4) is 0 Å². The van der Waals surface area contributed by atoms with Gasteiger partial charge in [-0.25, -0.2) is 4.79 Å². The first-order valence-corrected chi connectivity index (χ1v) is 22.7. The van der Waals surface area contributed by atoms with Gasteiger partial charge in [-0.05, 0) is 103 Å². The molecule has 0 radical (unpaired) electrons. The number of nitro groups is 1. The van der Waals surface area contributed by atoms with E-state index in [1.807, 2.05) is 36.4 Å². The van der Waals surface area contributed by atoms with Gasteiger partial charge in [-0.1, -0.05) is 60.5 Å². The smallest absolute Gasteiger partial charge is 0.412 e. The number of rotatable bonds is 20. The van der Waals surface area contributed by atoms with Crippen molar-refractivity contribution in [1.82, 2.24) is 10.2 Å². The van der Waals surface area contributed by atoms with Crippen LogP contribution in [0.25, 0.3) is 6.08 Å². The summed E-state index contributed by atoms with van der Waals surface area (Å²) in [6.45, 7) is 5.02. The van der Waals surface area contributed by atoms with Gasteiger partial charge in [0.05, 0.1) is 29.8 Å². The van der Waals surface area contributed by atoms with Crippen molar-refractivity contribution in [1.29, 1.82) is 0 Å². The van der Waals surface area contributed by atoms with E-state index in [-0.39, 0.29) is 62.1 Å². The van der Waals surface area contributed by atoms with Crippen LogP contribution in [0.5, 0.6) is 11.5 Å². The molecule has 1 unspecified atom stereocenters. The zero-order valence-corrected chi connectivity index (χ0v) is 36.9. The predicted molar refractivity (Wildman–Crippen MR) is 244 cm³/mol. The maximum atomic E-state index is 14.4. The Kier molecular flexibility index (Phi) is 16.2. The van der Waals surface area contributed by atoms with Crippen molar-refractivity contribution < 1.29 is 48.5 Å². The molecule has 3 aromatic rings. The number of allylic oxidation sites excluding steroid dienone is 1. The van der Waals surface area contributed by atoms with Gasteiger partial charge in [0.2, 0.25) is 18.0 Å². The number of amides is 2. The maximum absolute atomic E-state index is 14.4. The molecule has 2 heterocycles. The number of unbranched alkanes of at least 4 members (excludes halogenated alkanes) is 2. The lowest BCUT2D eigenvalue weighted by atomic mass is 9.55. The Labute approximate surface area is 379 Å². The Hall–Kier alpha value is -5.87. The molecule has 2 aliphatic heterocycles. The number of carbonyl (C=O) groups is 2. The first-order chi connectivity index (χ1) is 31.6. The number of ether oxygens (including phenoxy) is 4. The normalized spacial score (nSPS) is 25.1. The van der Waals surface area contributed by atoms with Crippen molar-refractivity contribution >= 4 is 29.5 Å². The first-order valence-electron chi connectivity index (χ1n) is 22.7. The summed E-state index contributed by atoms with van der Waals surface area (Å²) in [4.78, 5) is 46.3. The number of benzene rings is 3. The van der Waals surface area contributed by atoms with Crippen molar-refractivity contribution in [2.45, 2.75) is 94.8 Å². The van der Waals surface area contributed by atoms with E-state index in [9.17, 15) is 29.9 Å². The molecule has 4 aliphatic rings. The second-order valence-corrected chi connectivity index (χ2v) is 17.0. The van der Waals surface area contributed by atoms with Crippen molar-refractivity contribution in [2.24, 2.45) is 22.9 Å². The summed E-state index contributed by atoms with van der Waals surface area (Å²) in [5.41, 5.74) is 3.75. The van der Waals surface area contributed by atoms with Crippen LogP contribution in [0.15, 0.2) is 108 Å². The van der Waals surface area contributed by atoms with Crippen LogP contribution in [0, 0.1) is 27.9 Å². The number of aliphatic hydroxyl groups excluding tert-OH is 2. The monoisotopic (exact) mass is 892 g/mol. The number of non-ortho nitro benzene ring substituents is 1. The molecule has 346 valence electrons. The molecule has 15 nitrogen and oxygen atoms in total. The fourth-order valence-corrected chi connectivity index (χ4v) is 9.77. The van der Waals surface area contributed by atoms with Crippen LogP contribution in [0.4, 0.5) is 10.5 Å². The number of likely N-dealkylation sites (N-methyl/N-ethyl adjacent to an activating group) is 1. The van der Waals surface area contributed by atoms with Gasteiger partial charge >= 0.3 is 6.09 Å². The summed E-state index contributed by atoms with van der Waals surface area (Å²) in [5, 5.41) is 38.8. The maximum Gasteiger partial charge on any atom is 0.412 e. The van der Waals surface area contributed by atoms with E-state index >= 15 is 0 Å². The second kappa shape index (κ2) is 22.4. The molecule has 7 atom stereocenters. The van der Waals surface area contributed by atoms with Crippen LogP contribution in [0.1, 0.15) is 86.8 Å². The molecule has 0 bridgehead atoms. The number of carbonyl (C=O) groups excluding carboxylic acids is 2. The fourth-order valence-electron chi connectivity index (χ4n) is 9.77. The fraction of sp³-hybridized carbons (Fsp3) is 0.460. The van der Waals surface area contributed by atoms with Crippen LogP contribution < -0.4 is 14.8 Å². The Bertz CT molecular complexity index is 2210. The third kappa shape index (κ3) is 11.2. The average molecular weight is 893 g/mol. The van der Waals surface area contributed by atoms with E-state index in [1.54, 1.807) is 48.4 Å². The third-order valence-corrected chi connectivity index (χ3v) is 12.9. The van der Waals surface area contributed by atoms with Crippen LogP contribution in [-0.2, 0) is 25.7 Å². The minimum Gasteiger partial charge on any atom is -0.459 e. The molecular formula is C50H60N4O11. The molecule has 2 amide bonds. The molecule has 0 spiro atoms. The first kappa shape index (κ1) is 47.1. The highest BCUT2D eigenvalue weighted by molar-refractivity contribution is 6.03. The zero-order chi connectivity index (χ0) is 45.8. The van der Waals surface area contributed by atoms with E-state index in [0.717, 1.165) is 55.2 Å². The van der Waals surface area contributed by atoms with Crippen molar-refractivity contribution in [3.63, 3.8) is 0 Å². The van der Waals surface area contributed by atoms with Crippen molar-refractivity contribution in [2.75, 3.05) is 33.5 Å². The van der Waals surface area contributed by atoms with E-state index in [2.05, 4.69) is 18.0 Å². The molecule has 2 fully saturated rings. The lowest BCUT2D eigenvalue weighted by Gasteiger charge is -2.59. The number of hydrogen-bond acceptors (Lipinski definition) is 12. The van der Waals surface area contributed by atoms with E-state index in [1.165, 1.54) is 18.2 Å². The van der Waals surface area contributed by atoms with Crippen LogP contribution in [-0.4, -0.2) is 89.3 Å². The average Bonchev–Trinajstić information content (AvgIpc) is 3.33. The SMILES string of the molecule is C=CCO[C@@]12Oc3ccc(OC(=O)NCc4ccccc4)cc3[C@H]3[C@H](CCCCO)[C@@H](CCCCO)C=C(C(=NOC4CCCCO4)C[C@@H]1N(C)C(=O)C=Cc1ccc([N+](=O)[O-])cc1)[C@H]32. The highest BCUT2D eigenvalue weighted by Gasteiger charge is 2.65. The standard InChI is InChI=1S/C50H60N4O11/c1-3-28-62-50-44(53(2)45(57)25-20-34-18-21-37(22-19-34)54(59)60)32-42(52-65-46-17-9-12-29-61-46)40-30-36(15-7-10-26-55)39(16-8-11-27-56)47(48(40)50)41-31-38(23-24-43(41)64-50)63-49(58)51-33-35-13-5-4-6-14-35/h3-6,13-14,18-25,30-31,36,39,44,46-48,55-56H,1,7-12,15-17,26-29,32-33H2,2H3,(H,51,58)/t36-,39+,44-,46?,47+,48+,50+/m0/s1. The highest BCUT2D eigenvalue weighted by Crippen LogP contribution is 2.62. The topological polar surface area (TPSA) is 192 Å². The van der Waals surface area contributed by atoms with Gasteiger partial charge in [0.25, 0.3) is 5.69 Å². The van der Waals surface area contributed by atoms with Crippen molar-refractivity contribution in [3.05, 3.63) is 130 Å². The molecule has 0 aromatic heterocycles. The van der Waals surface area contributed by atoms with Gasteiger partial charge in [0.1, 0.15) is 17.5 Å². The lowest BCUT2D eigenvalue weighted by molar-refractivity contribution is -0.384. The molecule has 3 N–H and O–H groups in total. The molecule has 3 aromatic carbocycles. The summed E-state index contributed by atoms with van der Waals surface area (Å²) >= 11 is 0. The minimum atomic E-state index is -1.50. The summed E-state index contributed by atoms with van der Waals surface area (Å²) in [7, 11) is 1.70. The molecular weight excluding hydrogens is 833 g/mol. The summed E-state index contributed by atoms with van der Waals surface area (Å²) in [6, 6.07) is 20.0. The van der Waals surface area contributed by atoms with Gasteiger partial charge < -0.3 is 44.2 Å². The summed E-state index contributed by atoms with van der Waals surface area (Å²) < 4.78 is 26.1. The summed E-state index contributed by atoms with van der Waals surface area (Å²) in [5.74, 6) is -2.00. The number of aliphatic hydroxyl groups is 2. The highest BCUT2D eigenvalue weighted by atomic mass is 16.8. The molecule has 1 saturated carbocycles. The lowest BCUT2D eigenvalue weighted by Crippen LogP contribution is -2.69. The minimum absolute atomic E-state index is 0.00466. The number of oxime groups is 1. The van der Waals surface area contributed by atoms with Gasteiger partial charge in [-0.15, -0.1) is 6.58 Å². The van der Waals surface area contributed by atoms with Gasteiger partial charge in [-0.2, -0.15) is 0 Å². The zero-order valence-electron chi connectivity index (χ0n) is 36.9. The largest absolute Gasteiger partial charge is 0.459 e. The quantitative estimate of drug-likeness (QED) is 0.0326. The number of fused-ring (bicyclic) bond motifs is 2. The third-order valence-electron chi connectivity index (χ3n) is 12.9. The number of hydrogen-bond donors (Lipinski definition) is 3. The number of nitro benzene ring substituents is 1. The molecule has 2 aliphatic carbocycles. The number of nitrogens with zero attached hydrogens (tertiary/aromatic N) is 3. The Morgan fingerprint density at radius 1 is 1.03 bits per heavy atom. The summed E-state index contributed by atoms with van der Waals surface area (Å²) in [6.07, 6.45) is 12.7. The van der Waals surface area contributed by atoms with Gasteiger partial charge in [0.15, 0.2) is 0 Å². The van der Waals surface area contributed by atoms with Crippen molar-refractivity contribution in [3.8, 4) is 11.5 Å². The van der Waals surface area contributed by atoms with Gasteiger partial charge in [-0.3, -0.25) is 14.9 Å². The molecule has 65 heavy (non-hydrogen) atoms. The Balaban J connectivity index is 1.34. The second-order valence-electron chi connectivity index (χ2n) is 17.0. The Morgan fingerprint density at radius 2 is 1.80 bits per heavy atom. The van der Waals surface area contributed by atoms with Crippen LogP contribution in [0.2, 0.25) is 0 Å². The molecule has 15 heteroatoms. The van der Waals surface area contributed by atoms with Crippen LogP contribution >= 0.6 is 0 Å². The Morgan fingerprint density at radius 3 is 2.51 bits per heavy atom. The van der Waals surface area contributed by atoms with E-state index in [4.69, 9.17) is 28.9 Å². The molecule has 7 rings (SSSR count).